The van der Waals surface area contributed by atoms with Gasteiger partial charge in [0.2, 0.25) is 0 Å². The van der Waals surface area contributed by atoms with Gasteiger partial charge in [-0.3, -0.25) is 9.59 Å². The van der Waals surface area contributed by atoms with Gasteiger partial charge in [0.25, 0.3) is 5.91 Å². The molecule has 0 aliphatic carbocycles. The molecule has 0 spiro atoms. The lowest BCUT2D eigenvalue weighted by Gasteiger charge is -2.09. The van der Waals surface area contributed by atoms with Crippen LogP contribution in [0.4, 0.5) is 5.69 Å². The molecular weight excluding hydrogens is 382 g/mol. The van der Waals surface area contributed by atoms with Crippen LogP contribution >= 0.6 is 0 Å². The minimum atomic E-state index is -0.283. The highest BCUT2D eigenvalue weighted by atomic mass is 16.5. The Hall–Kier alpha value is -4.06. The summed E-state index contributed by atoms with van der Waals surface area (Å²) in [5.41, 5.74) is 2.83. The van der Waals surface area contributed by atoms with Gasteiger partial charge >= 0.3 is 0 Å². The monoisotopic (exact) mass is 401 g/mol. The lowest BCUT2D eigenvalue weighted by atomic mass is 10.1. The Labute approximate surface area is 172 Å². The number of anilines is 1. The SMILES string of the molecule is Cc1cccc(OCC(=O)Nc2ccc(-c3coc4cc(O)ccc4c3=O)cc2)c1. The zero-order chi connectivity index (χ0) is 21.1. The molecule has 0 atom stereocenters. The van der Waals surface area contributed by atoms with Gasteiger partial charge in [-0.15, -0.1) is 0 Å². The van der Waals surface area contributed by atoms with Gasteiger partial charge in [-0.05, 0) is 54.4 Å². The smallest absolute Gasteiger partial charge is 0.262 e. The molecule has 0 bridgehead atoms. The normalized spacial score (nSPS) is 10.7. The molecule has 0 saturated carbocycles. The number of benzene rings is 3. The second-order valence-corrected chi connectivity index (χ2v) is 6.89. The molecule has 1 amide bonds. The standard InChI is InChI=1S/C24H19NO5/c1-15-3-2-4-19(11-15)29-14-23(27)25-17-7-5-16(6-8-17)21-13-30-22-12-18(26)9-10-20(22)24(21)28/h2-13,26H,14H2,1H3,(H,25,27). The van der Waals surface area contributed by atoms with Crippen molar-refractivity contribution < 1.29 is 19.1 Å². The molecule has 4 aromatic rings. The van der Waals surface area contributed by atoms with Crippen LogP contribution in [0.2, 0.25) is 0 Å². The first-order valence-electron chi connectivity index (χ1n) is 9.34. The Balaban J connectivity index is 1.46. The van der Waals surface area contributed by atoms with Crippen molar-refractivity contribution in [3.05, 3.63) is 88.8 Å². The van der Waals surface area contributed by atoms with E-state index in [2.05, 4.69) is 5.32 Å². The number of fused-ring (bicyclic) bond motifs is 1. The van der Waals surface area contributed by atoms with Crippen LogP contribution in [0, 0.1) is 6.92 Å². The van der Waals surface area contributed by atoms with Crippen LogP contribution in [-0.4, -0.2) is 17.6 Å². The summed E-state index contributed by atoms with van der Waals surface area (Å²) in [4.78, 5) is 24.9. The summed E-state index contributed by atoms with van der Waals surface area (Å²) < 4.78 is 11.0. The van der Waals surface area contributed by atoms with Gasteiger partial charge in [0.05, 0.1) is 10.9 Å². The molecule has 0 unspecified atom stereocenters. The summed E-state index contributed by atoms with van der Waals surface area (Å²) in [5.74, 6) is 0.385. The highest BCUT2D eigenvalue weighted by Crippen LogP contribution is 2.23. The zero-order valence-corrected chi connectivity index (χ0v) is 16.2. The molecule has 3 aromatic carbocycles. The number of ether oxygens (including phenoxy) is 1. The van der Waals surface area contributed by atoms with E-state index in [-0.39, 0.29) is 23.7 Å². The van der Waals surface area contributed by atoms with E-state index in [1.54, 1.807) is 30.3 Å². The molecule has 2 N–H and O–H groups in total. The molecule has 30 heavy (non-hydrogen) atoms. The summed E-state index contributed by atoms with van der Waals surface area (Å²) in [5, 5.41) is 12.7. The largest absolute Gasteiger partial charge is 0.508 e. The molecular formula is C24H19NO5. The number of hydrogen-bond acceptors (Lipinski definition) is 5. The quantitative estimate of drug-likeness (QED) is 0.514. The Morgan fingerprint density at radius 1 is 1.07 bits per heavy atom. The molecule has 4 rings (SSSR count). The fourth-order valence-corrected chi connectivity index (χ4v) is 3.10. The third kappa shape index (κ3) is 4.17. The second kappa shape index (κ2) is 8.13. The van der Waals surface area contributed by atoms with E-state index in [0.717, 1.165) is 5.56 Å². The molecule has 6 nitrogen and oxygen atoms in total. The van der Waals surface area contributed by atoms with Crippen molar-refractivity contribution in [3.8, 4) is 22.6 Å². The van der Waals surface area contributed by atoms with Crippen LogP contribution in [0.3, 0.4) is 0 Å². The van der Waals surface area contributed by atoms with Gasteiger partial charge in [-0.1, -0.05) is 24.3 Å². The third-order valence-corrected chi connectivity index (χ3v) is 4.60. The molecule has 0 aliphatic rings. The maximum Gasteiger partial charge on any atom is 0.262 e. The number of aryl methyl sites for hydroxylation is 1. The zero-order valence-electron chi connectivity index (χ0n) is 16.2. The number of nitrogens with one attached hydrogen (secondary N) is 1. The van der Waals surface area contributed by atoms with E-state index in [9.17, 15) is 14.7 Å². The number of phenols is 1. The van der Waals surface area contributed by atoms with E-state index < -0.39 is 0 Å². The number of phenolic OH excluding ortho intramolecular Hbond substituents is 1. The van der Waals surface area contributed by atoms with E-state index in [1.807, 2.05) is 25.1 Å². The van der Waals surface area contributed by atoms with E-state index in [0.29, 0.717) is 33.5 Å². The maximum atomic E-state index is 12.7. The van der Waals surface area contributed by atoms with Crippen molar-refractivity contribution >= 4 is 22.6 Å². The predicted molar refractivity (Wildman–Crippen MR) is 115 cm³/mol. The fourth-order valence-electron chi connectivity index (χ4n) is 3.10. The summed E-state index contributed by atoms with van der Waals surface area (Å²) in [6, 6.07) is 18.7. The number of hydrogen-bond donors (Lipinski definition) is 2. The van der Waals surface area contributed by atoms with Crippen molar-refractivity contribution in [2.24, 2.45) is 0 Å². The van der Waals surface area contributed by atoms with Gasteiger partial charge in [0.15, 0.2) is 12.0 Å². The lowest BCUT2D eigenvalue weighted by molar-refractivity contribution is -0.118. The summed E-state index contributed by atoms with van der Waals surface area (Å²) in [7, 11) is 0. The van der Waals surface area contributed by atoms with Crippen LogP contribution < -0.4 is 15.5 Å². The summed E-state index contributed by atoms with van der Waals surface area (Å²) in [6.07, 6.45) is 1.37. The van der Waals surface area contributed by atoms with Gasteiger partial charge < -0.3 is 19.6 Å². The molecule has 1 aromatic heterocycles. The second-order valence-electron chi connectivity index (χ2n) is 6.89. The Kier molecular flexibility index (Phi) is 5.22. The minimum Gasteiger partial charge on any atom is -0.508 e. The molecule has 0 radical (unpaired) electrons. The summed E-state index contributed by atoms with van der Waals surface area (Å²) in [6.45, 7) is 1.85. The maximum absolute atomic E-state index is 12.7. The van der Waals surface area contributed by atoms with Crippen molar-refractivity contribution in [2.75, 3.05) is 11.9 Å². The number of carbonyl (C=O) groups excluding carboxylic acids is 1. The predicted octanol–water partition coefficient (Wildman–Crippen LogP) is 4.49. The summed E-state index contributed by atoms with van der Waals surface area (Å²) >= 11 is 0. The fraction of sp³-hybridized carbons (Fsp3) is 0.0833. The highest BCUT2D eigenvalue weighted by Gasteiger charge is 2.10. The van der Waals surface area contributed by atoms with Crippen LogP contribution in [0.5, 0.6) is 11.5 Å². The van der Waals surface area contributed by atoms with Gasteiger partial charge in [0.1, 0.15) is 23.3 Å². The van der Waals surface area contributed by atoms with Crippen LogP contribution in [0.15, 0.2) is 82.2 Å². The van der Waals surface area contributed by atoms with Gasteiger partial charge in [0, 0.05) is 11.8 Å². The Morgan fingerprint density at radius 2 is 1.87 bits per heavy atom. The van der Waals surface area contributed by atoms with Crippen LogP contribution in [0.1, 0.15) is 5.56 Å². The van der Waals surface area contributed by atoms with Crippen LogP contribution in [-0.2, 0) is 4.79 Å². The number of carbonyl (C=O) groups is 1. The molecule has 150 valence electrons. The third-order valence-electron chi connectivity index (χ3n) is 4.60. The highest BCUT2D eigenvalue weighted by molar-refractivity contribution is 5.92. The first-order chi connectivity index (χ1) is 14.5. The van der Waals surface area contributed by atoms with Crippen molar-refractivity contribution in [3.63, 3.8) is 0 Å². The van der Waals surface area contributed by atoms with Crippen LogP contribution in [0.25, 0.3) is 22.1 Å². The van der Waals surface area contributed by atoms with Crippen molar-refractivity contribution in [2.45, 2.75) is 6.92 Å². The molecule has 1 heterocycles. The van der Waals surface area contributed by atoms with Crippen molar-refractivity contribution in [1.29, 1.82) is 0 Å². The molecule has 0 aliphatic heterocycles. The first kappa shape index (κ1) is 19.3. The Bertz CT molecular complexity index is 1280. The minimum absolute atomic E-state index is 0.0323. The van der Waals surface area contributed by atoms with E-state index in [1.165, 1.54) is 24.5 Å². The van der Waals surface area contributed by atoms with Crippen molar-refractivity contribution in [1.82, 2.24) is 0 Å². The average molecular weight is 401 g/mol. The topological polar surface area (TPSA) is 88.8 Å². The van der Waals surface area contributed by atoms with E-state index >= 15 is 0 Å². The number of amides is 1. The Morgan fingerprint density at radius 3 is 2.63 bits per heavy atom. The lowest BCUT2D eigenvalue weighted by Crippen LogP contribution is -2.20. The molecule has 6 heteroatoms. The molecule has 0 saturated heterocycles. The number of rotatable bonds is 5. The van der Waals surface area contributed by atoms with E-state index in [4.69, 9.17) is 9.15 Å². The molecule has 0 fully saturated rings. The van der Waals surface area contributed by atoms with Gasteiger partial charge in [-0.25, -0.2) is 0 Å². The first-order valence-corrected chi connectivity index (χ1v) is 9.34. The number of aromatic hydroxyl groups is 1. The van der Waals surface area contributed by atoms with Gasteiger partial charge in [-0.2, -0.15) is 0 Å². The average Bonchev–Trinajstić information content (AvgIpc) is 2.73.